The number of rotatable bonds is 7. The lowest BCUT2D eigenvalue weighted by atomic mass is 10.3. The molecular weight excluding hydrogens is 292 g/mol. The number of carbonyl (C=O) groups excluding carboxylic acids is 1. The van der Waals surface area contributed by atoms with Crippen LogP contribution < -0.4 is 10.1 Å². The number of aliphatic hydroxyl groups excluding tert-OH is 1. The lowest BCUT2D eigenvalue weighted by molar-refractivity contribution is 0.188. The van der Waals surface area contributed by atoms with Gasteiger partial charge in [0.15, 0.2) is 5.75 Å². The molecule has 0 aliphatic carbocycles. The van der Waals surface area contributed by atoms with Gasteiger partial charge in [-0.1, -0.05) is 24.6 Å². The lowest BCUT2D eigenvalue weighted by Gasteiger charge is -2.23. The van der Waals surface area contributed by atoms with Crippen molar-refractivity contribution in [3.8, 4) is 5.75 Å². The van der Waals surface area contributed by atoms with Crippen molar-refractivity contribution in [1.29, 1.82) is 0 Å². The summed E-state index contributed by atoms with van der Waals surface area (Å²) in [5.41, 5.74) is 0.528. The molecule has 0 saturated carbocycles. The molecule has 0 fully saturated rings. The Hall–Kier alpha value is -1.46. The first-order valence-electron chi connectivity index (χ1n) is 7.11. The SMILES string of the molecule is CCCN(CCO)C(=O)Nc1cccc(Cl)c1OC(C)C. The van der Waals surface area contributed by atoms with E-state index in [4.69, 9.17) is 21.4 Å². The molecule has 1 rings (SSSR count). The Kier molecular flexibility index (Phi) is 7.32. The van der Waals surface area contributed by atoms with Crippen molar-refractivity contribution in [3.63, 3.8) is 0 Å². The normalized spacial score (nSPS) is 10.6. The van der Waals surface area contributed by atoms with Crippen LogP contribution in [0, 0.1) is 0 Å². The van der Waals surface area contributed by atoms with Gasteiger partial charge in [-0.25, -0.2) is 4.79 Å². The van der Waals surface area contributed by atoms with Gasteiger partial charge in [-0.05, 0) is 32.4 Å². The minimum Gasteiger partial charge on any atom is -0.487 e. The molecule has 0 unspecified atom stereocenters. The van der Waals surface area contributed by atoms with Gasteiger partial charge in [0.2, 0.25) is 0 Å². The molecule has 0 radical (unpaired) electrons. The van der Waals surface area contributed by atoms with E-state index in [2.05, 4.69) is 5.32 Å². The zero-order chi connectivity index (χ0) is 15.8. The summed E-state index contributed by atoms with van der Waals surface area (Å²) in [4.78, 5) is 13.8. The first kappa shape index (κ1) is 17.6. The fourth-order valence-electron chi connectivity index (χ4n) is 1.86. The van der Waals surface area contributed by atoms with Gasteiger partial charge in [0.1, 0.15) is 0 Å². The summed E-state index contributed by atoms with van der Waals surface area (Å²) < 4.78 is 5.66. The highest BCUT2D eigenvalue weighted by atomic mass is 35.5. The maximum atomic E-state index is 12.2. The first-order valence-corrected chi connectivity index (χ1v) is 7.49. The largest absolute Gasteiger partial charge is 0.487 e. The van der Waals surface area contributed by atoms with Crippen LogP contribution in [0.2, 0.25) is 5.02 Å². The summed E-state index contributed by atoms with van der Waals surface area (Å²) in [5.74, 6) is 0.461. The summed E-state index contributed by atoms with van der Waals surface area (Å²) in [6.07, 6.45) is 0.767. The zero-order valence-electron chi connectivity index (χ0n) is 12.7. The molecule has 0 aliphatic rings. The third-order valence-electron chi connectivity index (χ3n) is 2.71. The highest BCUT2D eigenvalue weighted by Crippen LogP contribution is 2.33. The molecule has 2 amide bonds. The number of hydrogen-bond donors (Lipinski definition) is 2. The minimum atomic E-state index is -0.276. The van der Waals surface area contributed by atoms with E-state index in [1.165, 1.54) is 0 Å². The fourth-order valence-corrected chi connectivity index (χ4v) is 2.08. The van der Waals surface area contributed by atoms with Crippen LogP contribution in [0.4, 0.5) is 10.5 Å². The second-order valence-corrected chi connectivity index (χ2v) is 5.33. The molecule has 21 heavy (non-hydrogen) atoms. The van der Waals surface area contributed by atoms with E-state index >= 15 is 0 Å². The molecule has 5 nitrogen and oxygen atoms in total. The van der Waals surface area contributed by atoms with Crippen LogP contribution in [0.3, 0.4) is 0 Å². The number of hydrogen-bond acceptors (Lipinski definition) is 3. The number of carbonyl (C=O) groups is 1. The van der Waals surface area contributed by atoms with E-state index in [0.717, 1.165) is 6.42 Å². The first-order chi connectivity index (χ1) is 9.99. The second-order valence-electron chi connectivity index (χ2n) is 4.92. The monoisotopic (exact) mass is 314 g/mol. The molecule has 6 heteroatoms. The topological polar surface area (TPSA) is 61.8 Å². The van der Waals surface area contributed by atoms with Crippen LogP contribution in [-0.2, 0) is 0 Å². The highest BCUT2D eigenvalue weighted by molar-refractivity contribution is 6.32. The van der Waals surface area contributed by atoms with E-state index in [1.807, 2.05) is 20.8 Å². The molecule has 0 bridgehead atoms. The van der Waals surface area contributed by atoms with Crippen LogP contribution in [0.5, 0.6) is 5.75 Å². The molecule has 0 aliphatic heterocycles. The van der Waals surface area contributed by atoms with E-state index < -0.39 is 0 Å². The third-order valence-corrected chi connectivity index (χ3v) is 3.01. The molecule has 0 heterocycles. The van der Waals surface area contributed by atoms with E-state index in [-0.39, 0.29) is 18.7 Å². The molecule has 0 aromatic heterocycles. The predicted molar refractivity (Wildman–Crippen MR) is 85.2 cm³/mol. The number of anilines is 1. The molecule has 0 spiro atoms. The van der Waals surface area contributed by atoms with Crippen LogP contribution >= 0.6 is 11.6 Å². The summed E-state index contributed by atoms with van der Waals surface area (Å²) in [7, 11) is 0. The van der Waals surface area contributed by atoms with Gasteiger partial charge in [-0.3, -0.25) is 0 Å². The average Bonchev–Trinajstić information content (AvgIpc) is 2.42. The molecule has 1 aromatic rings. The van der Waals surface area contributed by atoms with Gasteiger partial charge >= 0.3 is 6.03 Å². The van der Waals surface area contributed by atoms with Gasteiger partial charge in [0.05, 0.1) is 23.4 Å². The van der Waals surface area contributed by atoms with Crippen LogP contribution in [-0.4, -0.2) is 41.8 Å². The van der Waals surface area contributed by atoms with E-state index in [1.54, 1.807) is 23.1 Å². The smallest absolute Gasteiger partial charge is 0.322 e. The van der Waals surface area contributed by atoms with Crippen molar-refractivity contribution in [3.05, 3.63) is 23.2 Å². The molecule has 0 saturated heterocycles. The number of ether oxygens (including phenoxy) is 1. The molecule has 1 aromatic carbocycles. The van der Waals surface area contributed by atoms with Gasteiger partial charge < -0.3 is 20.1 Å². The van der Waals surface area contributed by atoms with Gasteiger partial charge in [0.25, 0.3) is 0 Å². The van der Waals surface area contributed by atoms with Gasteiger partial charge in [-0.15, -0.1) is 0 Å². The Balaban J connectivity index is 2.90. The van der Waals surface area contributed by atoms with Crippen molar-refractivity contribution >= 4 is 23.3 Å². The van der Waals surface area contributed by atoms with E-state index in [0.29, 0.717) is 29.5 Å². The van der Waals surface area contributed by atoms with Crippen molar-refractivity contribution in [2.24, 2.45) is 0 Å². The number of halogens is 1. The number of benzene rings is 1. The van der Waals surface area contributed by atoms with Gasteiger partial charge in [0, 0.05) is 13.1 Å². The van der Waals surface area contributed by atoms with Crippen LogP contribution in [0.25, 0.3) is 0 Å². The number of nitrogens with zero attached hydrogens (tertiary/aromatic N) is 1. The fraction of sp³-hybridized carbons (Fsp3) is 0.533. The van der Waals surface area contributed by atoms with Crippen molar-refractivity contribution in [2.75, 3.05) is 25.0 Å². The van der Waals surface area contributed by atoms with Crippen molar-refractivity contribution in [2.45, 2.75) is 33.3 Å². The Morgan fingerprint density at radius 1 is 1.43 bits per heavy atom. The highest BCUT2D eigenvalue weighted by Gasteiger charge is 2.16. The van der Waals surface area contributed by atoms with Crippen molar-refractivity contribution in [1.82, 2.24) is 4.90 Å². The maximum Gasteiger partial charge on any atom is 0.322 e. The maximum absolute atomic E-state index is 12.2. The summed E-state index contributed by atoms with van der Waals surface area (Å²) in [5, 5.41) is 12.3. The Bertz CT molecular complexity index is 460. The number of amides is 2. The number of nitrogens with one attached hydrogen (secondary N) is 1. The molecule has 118 valence electrons. The molecular formula is C15H23ClN2O3. The predicted octanol–water partition coefficient (Wildman–Crippen LogP) is 3.36. The number of urea groups is 1. The molecule has 2 N–H and O–H groups in total. The Labute approximate surface area is 130 Å². The van der Waals surface area contributed by atoms with Crippen LogP contribution in [0.1, 0.15) is 27.2 Å². The number of para-hydroxylation sites is 1. The zero-order valence-corrected chi connectivity index (χ0v) is 13.5. The quantitative estimate of drug-likeness (QED) is 0.811. The van der Waals surface area contributed by atoms with E-state index in [9.17, 15) is 4.79 Å². The van der Waals surface area contributed by atoms with Gasteiger partial charge in [-0.2, -0.15) is 0 Å². The second kappa shape index (κ2) is 8.74. The minimum absolute atomic E-state index is 0.0512. The third kappa shape index (κ3) is 5.44. The average molecular weight is 315 g/mol. The summed E-state index contributed by atoms with van der Waals surface area (Å²) in [6.45, 7) is 6.56. The molecule has 0 atom stereocenters. The Morgan fingerprint density at radius 3 is 2.71 bits per heavy atom. The Morgan fingerprint density at radius 2 is 2.14 bits per heavy atom. The van der Waals surface area contributed by atoms with Crippen LogP contribution in [0.15, 0.2) is 18.2 Å². The van der Waals surface area contributed by atoms with Crippen molar-refractivity contribution < 1.29 is 14.6 Å². The number of aliphatic hydroxyl groups is 1. The lowest BCUT2D eigenvalue weighted by Crippen LogP contribution is -2.37. The summed E-state index contributed by atoms with van der Waals surface area (Å²) >= 11 is 6.13. The summed E-state index contributed by atoms with van der Waals surface area (Å²) in [6, 6.07) is 4.93. The standard InChI is InChI=1S/C15H23ClN2O3/c1-4-8-18(9-10-19)15(20)17-13-7-5-6-12(16)14(13)21-11(2)3/h5-7,11,19H,4,8-10H2,1-3H3,(H,17,20).